The number of halogens is 1. The number of hydrogen-bond donors (Lipinski definition) is 2. The Morgan fingerprint density at radius 2 is 1.75 bits per heavy atom. The van der Waals surface area contributed by atoms with E-state index in [9.17, 15) is 9.59 Å². The van der Waals surface area contributed by atoms with Crippen LogP contribution in [0.4, 0.5) is 0 Å². The van der Waals surface area contributed by atoms with E-state index in [1.54, 1.807) is 12.1 Å². The van der Waals surface area contributed by atoms with Gasteiger partial charge in [-0.1, -0.05) is 11.6 Å². The molecule has 2 N–H and O–H groups in total. The maximum Gasteiger partial charge on any atom is 0.306 e. The van der Waals surface area contributed by atoms with Gasteiger partial charge in [0.1, 0.15) is 13.2 Å². The van der Waals surface area contributed by atoms with E-state index in [2.05, 4.69) is 5.32 Å². The first-order valence-corrected chi connectivity index (χ1v) is 8.51. The Hall–Kier alpha value is -1.95. The molecule has 130 valence electrons. The Labute approximate surface area is 145 Å². The zero-order chi connectivity index (χ0) is 17.1. The van der Waals surface area contributed by atoms with Crippen molar-refractivity contribution in [3.63, 3.8) is 0 Å². The van der Waals surface area contributed by atoms with Crippen molar-refractivity contribution in [3.8, 4) is 11.5 Å². The number of ether oxygens (including phenoxy) is 2. The molecule has 1 saturated carbocycles. The first-order chi connectivity index (χ1) is 11.5. The van der Waals surface area contributed by atoms with E-state index in [1.807, 2.05) is 0 Å². The van der Waals surface area contributed by atoms with Gasteiger partial charge in [0.2, 0.25) is 5.91 Å². The van der Waals surface area contributed by atoms with Crippen molar-refractivity contribution in [1.82, 2.24) is 5.32 Å². The molecule has 1 aliphatic carbocycles. The molecule has 3 rings (SSSR count). The van der Waals surface area contributed by atoms with Gasteiger partial charge in [-0.25, -0.2) is 0 Å². The summed E-state index contributed by atoms with van der Waals surface area (Å²) in [4.78, 5) is 23.2. The van der Waals surface area contributed by atoms with Gasteiger partial charge in [-0.2, -0.15) is 0 Å². The van der Waals surface area contributed by atoms with Crippen LogP contribution >= 0.6 is 11.6 Å². The number of amides is 1. The van der Waals surface area contributed by atoms with E-state index in [4.69, 9.17) is 26.2 Å². The lowest BCUT2D eigenvalue weighted by atomic mass is 9.86. The van der Waals surface area contributed by atoms with Crippen molar-refractivity contribution < 1.29 is 24.2 Å². The van der Waals surface area contributed by atoms with Gasteiger partial charge in [-0.05, 0) is 37.3 Å². The van der Waals surface area contributed by atoms with Gasteiger partial charge in [-0.3, -0.25) is 9.59 Å². The average molecular weight is 354 g/mol. The molecule has 1 heterocycles. The molecule has 0 unspecified atom stereocenters. The van der Waals surface area contributed by atoms with Gasteiger partial charge in [0.25, 0.3) is 0 Å². The van der Waals surface area contributed by atoms with Crippen LogP contribution in [0.15, 0.2) is 12.1 Å². The van der Waals surface area contributed by atoms with Crippen LogP contribution in [-0.2, 0) is 16.0 Å². The van der Waals surface area contributed by atoms with Crippen molar-refractivity contribution in [1.29, 1.82) is 0 Å². The van der Waals surface area contributed by atoms with Gasteiger partial charge in [0, 0.05) is 17.1 Å². The van der Waals surface area contributed by atoms with Crippen molar-refractivity contribution in [2.24, 2.45) is 5.92 Å². The summed E-state index contributed by atoms with van der Waals surface area (Å²) in [5.74, 6) is 0.0541. The fourth-order valence-corrected chi connectivity index (χ4v) is 3.40. The van der Waals surface area contributed by atoms with Gasteiger partial charge in [0.05, 0.1) is 12.3 Å². The standard InChI is InChI=1S/C17H20ClNO5/c18-13-9-15-14(23-5-6-24-15)7-11(13)8-16(20)19-12-3-1-10(2-4-12)17(21)22/h7,9-10,12H,1-6,8H2,(H,19,20)(H,21,22). The van der Waals surface area contributed by atoms with E-state index in [-0.39, 0.29) is 24.3 Å². The number of carboxylic acid groups (broad SMARTS) is 1. The summed E-state index contributed by atoms with van der Waals surface area (Å²) < 4.78 is 11.0. The van der Waals surface area contributed by atoms with Crippen LogP contribution in [0.5, 0.6) is 11.5 Å². The number of carbonyl (C=O) groups is 2. The van der Waals surface area contributed by atoms with E-state index < -0.39 is 5.97 Å². The number of aliphatic carboxylic acids is 1. The lowest BCUT2D eigenvalue weighted by molar-refractivity contribution is -0.142. The van der Waals surface area contributed by atoms with Crippen LogP contribution in [-0.4, -0.2) is 36.2 Å². The van der Waals surface area contributed by atoms with Crippen molar-refractivity contribution in [2.75, 3.05) is 13.2 Å². The maximum absolute atomic E-state index is 12.3. The Kier molecular flexibility index (Phi) is 5.14. The summed E-state index contributed by atoms with van der Waals surface area (Å²) in [5.41, 5.74) is 0.692. The van der Waals surface area contributed by atoms with E-state index >= 15 is 0 Å². The summed E-state index contributed by atoms with van der Waals surface area (Å²) in [6, 6.07) is 3.46. The molecule has 0 radical (unpaired) electrons. The molecule has 2 aliphatic rings. The molecule has 1 aromatic rings. The maximum atomic E-state index is 12.3. The first-order valence-electron chi connectivity index (χ1n) is 8.13. The Bertz CT molecular complexity index is 640. The molecule has 6 nitrogen and oxygen atoms in total. The second kappa shape index (κ2) is 7.30. The number of benzene rings is 1. The second-order valence-electron chi connectivity index (χ2n) is 6.22. The fourth-order valence-electron chi connectivity index (χ4n) is 3.18. The predicted molar refractivity (Wildman–Crippen MR) is 87.7 cm³/mol. The average Bonchev–Trinajstić information content (AvgIpc) is 2.56. The van der Waals surface area contributed by atoms with Crippen LogP contribution in [0.1, 0.15) is 31.2 Å². The van der Waals surface area contributed by atoms with Crippen molar-refractivity contribution in [2.45, 2.75) is 38.1 Å². The zero-order valence-corrected chi connectivity index (χ0v) is 14.0. The number of hydrogen-bond acceptors (Lipinski definition) is 4. The third kappa shape index (κ3) is 3.93. The van der Waals surface area contributed by atoms with Crippen LogP contribution in [0.25, 0.3) is 0 Å². The number of rotatable bonds is 4. The highest BCUT2D eigenvalue weighted by atomic mass is 35.5. The normalized spacial score (nSPS) is 22.7. The quantitative estimate of drug-likeness (QED) is 0.868. The predicted octanol–water partition coefficient (Wildman–Crippen LogP) is 2.41. The number of fused-ring (bicyclic) bond motifs is 1. The van der Waals surface area contributed by atoms with Crippen LogP contribution in [0.3, 0.4) is 0 Å². The summed E-state index contributed by atoms with van der Waals surface area (Å²) in [6.07, 6.45) is 2.75. The van der Waals surface area contributed by atoms with Crippen molar-refractivity contribution >= 4 is 23.5 Å². The number of nitrogens with one attached hydrogen (secondary N) is 1. The van der Waals surface area contributed by atoms with Gasteiger partial charge < -0.3 is 19.9 Å². The Balaban J connectivity index is 1.56. The summed E-state index contributed by atoms with van der Waals surface area (Å²) >= 11 is 6.22. The summed E-state index contributed by atoms with van der Waals surface area (Å²) in [5, 5.41) is 12.5. The van der Waals surface area contributed by atoms with Gasteiger partial charge >= 0.3 is 5.97 Å². The molecule has 1 fully saturated rings. The highest BCUT2D eigenvalue weighted by molar-refractivity contribution is 6.31. The molecule has 1 amide bonds. The largest absolute Gasteiger partial charge is 0.486 e. The molecule has 1 aliphatic heterocycles. The van der Waals surface area contributed by atoms with Crippen LogP contribution < -0.4 is 14.8 Å². The second-order valence-corrected chi connectivity index (χ2v) is 6.63. The highest BCUT2D eigenvalue weighted by Gasteiger charge is 2.27. The number of carbonyl (C=O) groups excluding carboxylic acids is 1. The molecular weight excluding hydrogens is 334 g/mol. The Morgan fingerprint density at radius 1 is 1.12 bits per heavy atom. The molecular formula is C17H20ClNO5. The van der Waals surface area contributed by atoms with Gasteiger partial charge in [0.15, 0.2) is 11.5 Å². The minimum atomic E-state index is -0.747. The van der Waals surface area contributed by atoms with Crippen molar-refractivity contribution in [3.05, 3.63) is 22.7 Å². The van der Waals surface area contributed by atoms with E-state index in [0.717, 1.165) is 0 Å². The summed E-state index contributed by atoms with van der Waals surface area (Å²) in [7, 11) is 0. The fraction of sp³-hybridized carbons (Fsp3) is 0.529. The molecule has 1 aromatic carbocycles. The smallest absolute Gasteiger partial charge is 0.306 e. The minimum absolute atomic E-state index is 0.0316. The highest BCUT2D eigenvalue weighted by Crippen LogP contribution is 2.35. The monoisotopic (exact) mass is 353 g/mol. The van der Waals surface area contributed by atoms with Gasteiger partial charge in [-0.15, -0.1) is 0 Å². The number of carboxylic acids is 1. The van der Waals surface area contributed by atoms with E-state index in [0.29, 0.717) is 61.0 Å². The lowest BCUT2D eigenvalue weighted by Gasteiger charge is -2.27. The lowest BCUT2D eigenvalue weighted by Crippen LogP contribution is -2.39. The zero-order valence-electron chi connectivity index (χ0n) is 13.2. The van der Waals surface area contributed by atoms with E-state index in [1.165, 1.54) is 0 Å². The molecule has 0 spiro atoms. The summed E-state index contributed by atoms with van der Waals surface area (Å²) in [6.45, 7) is 0.968. The third-order valence-electron chi connectivity index (χ3n) is 4.50. The molecule has 7 heteroatoms. The molecule has 0 atom stereocenters. The SMILES string of the molecule is O=C(Cc1cc2c(cc1Cl)OCCO2)NC1CCC(C(=O)O)CC1. The first kappa shape index (κ1) is 16.9. The molecule has 24 heavy (non-hydrogen) atoms. The van der Waals surface area contributed by atoms with Crippen LogP contribution in [0, 0.1) is 5.92 Å². The molecule has 0 aromatic heterocycles. The molecule has 0 saturated heterocycles. The molecule has 0 bridgehead atoms. The minimum Gasteiger partial charge on any atom is -0.486 e. The topological polar surface area (TPSA) is 84.9 Å². The van der Waals surface area contributed by atoms with Crippen LogP contribution in [0.2, 0.25) is 5.02 Å². The Morgan fingerprint density at radius 3 is 2.38 bits per heavy atom. The third-order valence-corrected chi connectivity index (χ3v) is 4.86.